The first-order chi connectivity index (χ1) is 22.0. The fraction of sp³-hybridized carbons (Fsp3) is 0.382. The number of nitrogens with one attached hydrogen (secondary N) is 4. The van der Waals surface area contributed by atoms with E-state index in [4.69, 9.17) is 4.74 Å². The van der Waals surface area contributed by atoms with Gasteiger partial charge in [0.25, 0.3) is 11.8 Å². The highest BCUT2D eigenvalue weighted by molar-refractivity contribution is 7.99. The molecule has 2 amide bonds. The molecule has 1 aliphatic heterocycles. The molecule has 2 aromatic carbocycles. The summed E-state index contributed by atoms with van der Waals surface area (Å²) in [4.78, 5) is 33.9. The molecule has 4 aromatic rings. The summed E-state index contributed by atoms with van der Waals surface area (Å²) in [7, 11) is 3.70. The molecule has 0 radical (unpaired) electrons. The number of aromatic nitrogens is 1. The Kier molecular flexibility index (Phi) is 11.9. The van der Waals surface area contributed by atoms with Crippen molar-refractivity contribution in [3.63, 3.8) is 0 Å². The number of carbonyl (C=O) groups excluding carboxylic acids is 2. The number of hydrogen-bond donors (Lipinski definition) is 4. The largest absolute Gasteiger partial charge is 0.492 e. The van der Waals surface area contributed by atoms with E-state index in [1.165, 1.54) is 23.3 Å². The standard InChI is InChI=1S/C32H39N7O3S2.C2H6/c1-32(2,3)22-17-24(28(42-5)25(18-22)37-43-6)35-31(41)26-16-20-8-7-9-23(29(20)44-26)34-30(40)21-10-11-27(33-19-21)36-39-14-12-38(4)13-15-39;1-2/h7-11,16-19,37H,12-15H2,1-6H3,(H,33,36)(H,34,40)(H,35,41);1-2H3. The van der Waals surface area contributed by atoms with Gasteiger partial charge in [0.05, 0.1) is 39.3 Å². The lowest BCUT2D eigenvalue weighted by atomic mass is 9.86. The van der Waals surface area contributed by atoms with E-state index in [9.17, 15) is 9.59 Å². The fourth-order valence-corrected chi connectivity index (χ4v) is 6.28. The third-order valence-corrected chi connectivity index (χ3v) is 9.04. The summed E-state index contributed by atoms with van der Waals surface area (Å²) in [6.45, 7) is 14.2. The summed E-state index contributed by atoms with van der Waals surface area (Å²) in [6, 6.07) is 15.0. The van der Waals surface area contributed by atoms with Crippen molar-refractivity contribution >= 4 is 68.1 Å². The molecule has 0 atom stereocenters. The number of methoxy groups -OCH3 is 1. The number of benzene rings is 2. The maximum Gasteiger partial charge on any atom is 0.265 e. The minimum atomic E-state index is -0.270. The number of rotatable bonds is 9. The number of piperazine rings is 1. The Morgan fingerprint density at radius 2 is 1.63 bits per heavy atom. The van der Waals surface area contributed by atoms with Crippen molar-refractivity contribution in [2.24, 2.45) is 0 Å². The number of carbonyl (C=O) groups is 2. The molecule has 0 bridgehead atoms. The Labute approximate surface area is 280 Å². The number of hydrazine groups is 1. The number of likely N-dealkylation sites (N-methyl/N-ethyl adjacent to an activating group) is 1. The average Bonchev–Trinajstić information content (AvgIpc) is 3.49. The summed E-state index contributed by atoms with van der Waals surface area (Å²) in [6.07, 6.45) is 3.51. The van der Waals surface area contributed by atoms with Gasteiger partial charge >= 0.3 is 0 Å². The van der Waals surface area contributed by atoms with Crippen molar-refractivity contribution in [1.29, 1.82) is 0 Å². The molecule has 0 spiro atoms. The van der Waals surface area contributed by atoms with E-state index >= 15 is 0 Å². The number of ether oxygens (including phenoxy) is 1. The van der Waals surface area contributed by atoms with E-state index in [1.54, 1.807) is 19.4 Å². The van der Waals surface area contributed by atoms with Gasteiger partial charge in [0.15, 0.2) is 5.75 Å². The molecule has 2 aromatic heterocycles. The minimum absolute atomic E-state index is 0.137. The van der Waals surface area contributed by atoms with Crippen LogP contribution < -0.4 is 25.5 Å². The van der Waals surface area contributed by atoms with Gasteiger partial charge in [-0.3, -0.25) is 9.59 Å². The highest BCUT2D eigenvalue weighted by Crippen LogP contribution is 2.40. The lowest BCUT2D eigenvalue weighted by molar-refractivity contribution is 0.102. The lowest BCUT2D eigenvalue weighted by Crippen LogP contribution is -2.47. The normalized spacial score (nSPS) is 13.8. The Hall–Kier alpha value is -3.84. The molecular formula is C34H45N7O3S2. The van der Waals surface area contributed by atoms with Gasteiger partial charge in [-0.05, 0) is 59.8 Å². The molecule has 12 heteroatoms. The van der Waals surface area contributed by atoms with E-state index in [-0.39, 0.29) is 17.2 Å². The first kappa shape index (κ1) is 35.0. The van der Waals surface area contributed by atoms with Crippen LogP contribution in [0.15, 0.2) is 54.7 Å². The van der Waals surface area contributed by atoms with Crippen molar-refractivity contribution in [3.05, 3.63) is 70.7 Å². The monoisotopic (exact) mass is 663 g/mol. The predicted octanol–water partition coefficient (Wildman–Crippen LogP) is 7.40. The van der Waals surface area contributed by atoms with E-state index in [2.05, 4.69) is 63.5 Å². The first-order valence-corrected chi connectivity index (χ1v) is 17.4. The van der Waals surface area contributed by atoms with Gasteiger partial charge < -0.3 is 30.4 Å². The Morgan fingerprint density at radius 3 is 2.26 bits per heavy atom. The zero-order valence-corrected chi connectivity index (χ0v) is 29.5. The number of anilines is 4. The quantitative estimate of drug-likeness (QED) is 0.136. The summed E-state index contributed by atoms with van der Waals surface area (Å²) in [5.41, 5.74) is 6.70. The highest BCUT2D eigenvalue weighted by Gasteiger charge is 2.22. The third kappa shape index (κ3) is 8.49. The average molecular weight is 664 g/mol. The molecule has 246 valence electrons. The predicted molar refractivity (Wildman–Crippen MR) is 195 cm³/mol. The molecule has 1 fully saturated rings. The van der Waals surface area contributed by atoms with Crippen LogP contribution in [0.4, 0.5) is 22.9 Å². The Morgan fingerprint density at radius 1 is 0.935 bits per heavy atom. The minimum Gasteiger partial charge on any atom is -0.492 e. The molecule has 46 heavy (non-hydrogen) atoms. The molecule has 0 saturated carbocycles. The van der Waals surface area contributed by atoms with Crippen LogP contribution in [0.3, 0.4) is 0 Å². The second-order valence-corrected chi connectivity index (χ2v) is 13.4. The summed E-state index contributed by atoms with van der Waals surface area (Å²) in [5.74, 6) is 0.736. The molecule has 1 saturated heterocycles. The molecule has 5 rings (SSSR count). The van der Waals surface area contributed by atoms with Crippen LogP contribution in [0.1, 0.15) is 60.2 Å². The van der Waals surface area contributed by atoms with E-state index in [0.717, 1.165) is 47.5 Å². The van der Waals surface area contributed by atoms with Gasteiger partial charge in [-0.1, -0.05) is 58.7 Å². The van der Waals surface area contributed by atoms with Crippen LogP contribution in [-0.2, 0) is 5.41 Å². The van der Waals surface area contributed by atoms with Crippen LogP contribution in [0.5, 0.6) is 5.75 Å². The van der Waals surface area contributed by atoms with Crippen LogP contribution in [0.25, 0.3) is 10.1 Å². The molecular weight excluding hydrogens is 619 g/mol. The van der Waals surface area contributed by atoms with Crippen LogP contribution in [0.2, 0.25) is 0 Å². The van der Waals surface area contributed by atoms with Crippen LogP contribution >= 0.6 is 23.3 Å². The number of thiophene rings is 1. The van der Waals surface area contributed by atoms with Gasteiger partial charge in [0.1, 0.15) is 5.82 Å². The van der Waals surface area contributed by atoms with Gasteiger partial charge in [-0.15, -0.1) is 11.3 Å². The van der Waals surface area contributed by atoms with Crippen molar-refractivity contribution in [2.45, 2.75) is 40.0 Å². The Bertz CT molecular complexity index is 1640. The second-order valence-electron chi connectivity index (χ2n) is 11.7. The molecule has 1 aliphatic rings. The van der Waals surface area contributed by atoms with Gasteiger partial charge in [-0.25, -0.2) is 9.99 Å². The summed E-state index contributed by atoms with van der Waals surface area (Å²) in [5, 5.41) is 9.06. The van der Waals surface area contributed by atoms with Crippen molar-refractivity contribution in [2.75, 3.05) is 67.4 Å². The summed E-state index contributed by atoms with van der Waals surface area (Å²) < 4.78 is 9.78. The Balaban J connectivity index is 0.00000235. The molecule has 4 N–H and O–H groups in total. The van der Waals surface area contributed by atoms with E-state index in [1.807, 2.05) is 62.6 Å². The highest BCUT2D eigenvalue weighted by atomic mass is 32.2. The van der Waals surface area contributed by atoms with E-state index < -0.39 is 0 Å². The number of amides is 2. The molecule has 10 nitrogen and oxygen atoms in total. The van der Waals surface area contributed by atoms with Crippen LogP contribution in [-0.4, -0.2) is 73.3 Å². The number of nitrogens with zero attached hydrogens (tertiary/aromatic N) is 3. The van der Waals surface area contributed by atoms with Gasteiger partial charge in [0, 0.05) is 38.6 Å². The van der Waals surface area contributed by atoms with Crippen LogP contribution in [0, 0.1) is 0 Å². The topological polar surface area (TPSA) is 111 Å². The zero-order valence-electron chi connectivity index (χ0n) is 27.9. The van der Waals surface area contributed by atoms with Crippen molar-refractivity contribution in [1.82, 2.24) is 14.9 Å². The molecule has 3 heterocycles. The fourth-order valence-electron chi connectivity index (χ4n) is 4.89. The lowest BCUT2D eigenvalue weighted by Gasteiger charge is -2.32. The molecule has 0 aliphatic carbocycles. The molecule has 0 unspecified atom stereocenters. The number of pyridine rings is 1. The van der Waals surface area contributed by atoms with Crippen molar-refractivity contribution < 1.29 is 14.3 Å². The maximum atomic E-state index is 13.5. The first-order valence-electron chi connectivity index (χ1n) is 15.4. The van der Waals surface area contributed by atoms with Gasteiger partial charge in [-0.2, -0.15) is 0 Å². The smallest absolute Gasteiger partial charge is 0.265 e. The number of hydrogen-bond acceptors (Lipinski definition) is 10. The van der Waals surface area contributed by atoms with Gasteiger partial charge in [0.2, 0.25) is 0 Å². The third-order valence-electron chi connectivity index (χ3n) is 7.44. The van der Waals surface area contributed by atoms with Crippen molar-refractivity contribution in [3.8, 4) is 5.75 Å². The van der Waals surface area contributed by atoms with E-state index in [0.29, 0.717) is 33.4 Å². The maximum absolute atomic E-state index is 13.5. The summed E-state index contributed by atoms with van der Waals surface area (Å²) >= 11 is 2.78. The second kappa shape index (κ2) is 15.6. The zero-order chi connectivity index (χ0) is 33.4. The number of fused-ring (bicyclic) bond motifs is 1. The SMILES string of the molecule is CC.COc1c(NSC)cc(C(C)(C)C)cc1NC(=O)c1cc2cccc(NC(=O)c3ccc(NN4CCN(C)CC4)nc3)c2s1.